The van der Waals surface area contributed by atoms with E-state index < -0.39 is 0 Å². The van der Waals surface area contributed by atoms with Crippen LogP contribution in [0.15, 0.2) is 18.2 Å². The first-order chi connectivity index (χ1) is 9.85. The smallest absolute Gasteiger partial charge is 0.130 e. The number of hydrogen-bond donors (Lipinski definition) is 1. The molecular weight excluding hydrogens is 260 g/mol. The monoisotopic (exact) mass is 290 g/mol. The molecule has 1 rings (SSSR count). The largest absolute Gasteiger partial charge is 0.393 e. The predicted octanol–water partition coefficient (Wildman–Crippen LogP) is 4.42. The third-order valence-corrected chi connectivity index (χ3v) is 4.44. The van der Waals surface area contributed by atoms with Crippen molar-refractivity contribution in [3.05, 3.63) is 34.9 Å². The summed E-state index contributed by atoms with van der Waals surface area (Å²) < 4.78 is 0. The van der Waals surface area contributed by atoms with Crippen LogP contribution in [0.4, 0.5) is 0 Å². The van der Waals surface area contributed by atoms with Crippen molar-refractivity contribution in [2.45, 2.75) is 72.3 Å². The van der Waals surface area contributed by atoms with Gasteiger partial charge in [-0.25, -0.2) is 0 Å². The molecular formula is C19H30O2. The summed E-state index contributed by atoms with van der Waals surface area (Å²) in [5.41, 5.74) is 3.89. The zero-order chi connectivity index (χ0) is 16.0. The van der Waals surface area contributed by atoms with E-state index in [1.165, 1.54) is 16.7 Å². The van der Waals surface area contributed by atoms with Crippen LogP contribution in [0.25, 0.3) is 0 Å². The number of aliphatic hydroxyl groups excluding tert-OH is 1. The van der Waals surface area contributed by atoms with Crippen LogP contribution >= 0.6 is 0 Å². The van der Waals surface area contributed by atoms with Crippen LogP contribution in [0.1, 0.15) is 69.6 Å². The number of aliphatic hydroxyl groups is 1. The fourth-order valence-corrected chi connectivity index (χ4v) is 2.94. The second kappa shape index (κ2) is 8.33. The van der Waals surface area contributed by atoms with Gasteiger partial charge in [0, 0.05) is 6.42 Å². The third kappa shape index (κ3) is 5.62. The molecule has 0 saturated carbocycles. The molecule has 1 N–H and O–H groups in total. The predicted molar refractivity (Wildman–Crippen MR) is 88.7 cm³/mol. The van der Waals surface area contributed by atoms with Crippen LogP contribution < -0.4 is 0 Å². The zero-order valence-corrected chi connectivity index (χ0v) is 14.1. The number of hydrogen-bond acceptors (Lipinski definition) is 2. The second-order valence-electron chi connectivity index (χ2n) is 6.48. The molecule has 118 valence electrons. The van der Waals surface area contributed by atoms with Crippen molar-refractivity contribution >= 4 is 5.78 Å². The fourth-order valence-electron chi connectivity index (χ4n) is 2.94. The zero-order valence-electron chi connectivity index (χ0n) is 14.1. The number of benzene rings is 1. The molecule has 0 saturated heterocycles. The molecule has 3 atom stereocenters. The number of Topliss-reactive ketones (excluding diaryl/α,β-unsaturated/α-hetero) is 1. The van der Waals surface area contributed by atoms with E-state index in [2.05, 4.69) is 39.0 Å². The summed E-state index contributed by atoms with van der Waals surface area (Å²) in [5, 5.41) is 9.95. The van der Waals surface area contributed by atoms with Crippen molar-refractivity contribution in [1.82, 2.24) is 0 Å². The highest BCUT2D eigenvalue weighted by Crippen LogP contribution is 2.29. The van der Waals surface area contributed by atoms with Crippen LogP contribution in [-0.4, -0.2) is 17.0 Å². The number of carbonyl (C=O) groups excluding carboxylic acids is 1. The van der Waals surface area contributed by atoms with Gasteiger partial charge in [0.15, 0.2) is 0 Å². The van der Waals surface area contributed by atoms with E-state index in [1.807, 2.05) is 6.92 Å². The fraction of sp³-hybridized carbons (Fsp3) is 0.632. The summed E-state index contributed by atoms with van der Waals surface area (Å²) in [5.74, 6) is 0.980. The van der Waals surface area contributed by atoms with Gasteiger partial charge in [-0.15, -0.1) is 0 Å². The summed E-state index contributed by atoms with van der Waals surface area (Å²) in [6, 6.07) is 6.52. The molecule has 0 aliphatic rings. The molecule has 3 unspecified atom stereocenters. The minimum atomic E-state index is -0.214. The van der Waals surface area contributed by atoms with Crippen molar-refractivity contribution in [3.8, 4) is 0 Å². The molecule has 0 radical (unpaired) electrons. The van der Waals surface area contributed by atoms with E-state index in [1.54, 1.807) is 6.92 Å². The van der Waals surface area contributed by atoms with Gasteiger partial charge in [0.05, 0.1) is 6.10 Å². The molecule has 0 aliphatic heterocycles. The minimum Gasteiger partial charge on any atom is -0.393 e. The number of ketones is 1. The SMILES string of the molecule is CCC(O)C(C)CC(C)c1cc(CCC(C)=O)ccc1C. The van der Waals surface area contributed by atoms with Crippen LogP contribution in [0, 0.1) is 12.8 Å². The number of carbonyl (C=O) groups is 1. The van der Waals surface area contributed by atoms with Gasteiger partial charge in [-0.3, -0.25) is 0 Å². The van der Waals surface area contributed by atoms with E-state index in [9.17, 15) is 9.90 Å². The van der Waals surface area contributed by atoms with Gasteiger partial charge in [-0.1, -0.05) is 39.0 Å². The maximum atomic E-state index is 11.1. The van der Waals surface area contributed by atoms with Crippen molar-refractivity contribution in [1.29, 1.82) is 0 Å². The average Bonchev–Trinajstić information content (AvgIpc) is 2.45. The summed E-state index contributed by atoms with van der Waals surface area (Å²) >= 11 is 0. The lowest BCUT2D eigenvalue weighted by atomic mass is 9.85. The van der Waals surface area contributed by atoms with Gasteiger partial charge in [-0.05, 0) is 61.6 Å². The van der Waals surface area contributed by atoms with E-state index in [0.717, 1.165) is 19.3 Å². The van der Waals surface area contributed by atoms with Gasteiger partial charge in [0.25, 0.3) is 0 Å². The Morgan fingerprint density at radius 2 is 1.95 bits per heavy atom. The van der Waals surface area contributed by atoms with E-state index in [0.29, 0.717) is 18.3 Å². The summed E-state index contributed by atoms with van der Waals surface area (Å²) in [7, 11) is 0. The highest BCUT2D eigenvalue weighted by atomic mass is 16.3. The first kappa shape index (κ1) is 17.9. The van der Waals surface area contributed by atoms with Crippen LogP contribution in [0.3, 0.4) is 0 Å². The van der Waals surface area contributed by atoms with Crippen molar-refractivity contribution < 1.29 is 9.90 Å². The molecule has 0 heterocycles. The third-order valence-electron chi connectivity index (χ3n) is 4.44. The Kier molecular flexibility index (Phi) is 7.10. The lowest BCUT2D eigenvalue weighted by Crippen LogP contribution is -2.18. The topological polar surface area (TPSA) is 37.3 Å². The van der Waals surface area contributed by atoms with Gasteiger partial charge in [0.1, 0.15) is 5.78 Å². The standard InChI is InChI=1S/C19H30O2/c1-6-19(21)15(4)11-14(3)18-12-17(9-7-13(18)2)10-8-16(5)20/h7,9,12,14-15,19,21H,6,8,10-11H2,1-5H3. The normalized spacial score (nSPS) is 15.5. The van der Waals surface area contributed by atoms with Crippen LogP contribution in [0.2, 0.25) is 0 Å². The molecule has 2 heteroatoms. The van der Waals surface area contributed by atoms with Crippen molar-refractivity contribution in [2.75, 3.05) is 0 Å². The van der Waals surface area contributed by atoms with Gasteiger partial charge in [0.2, 0.25) is 0 Å². The van der Waals surface area contributed by atoms with Crippen molar-refractivity contribution in [2.24, 2.45) is 5.92 Å². The minimum absolute atomic E-state index is 0.214. The Morgan fingerprint density at radius 3 is 2.52 bits per heavy atom. The number of aryl methyl sites for hydroxylation is 2. The molecule has 0 fully saturated rings. The molecule has 0 spiro atoms. The Hall–Kier alpha value is -1.15. The molecule has 2 nitrogen and oxygen atoms in total. The van der Waals surface area contributed by atoms with Gasteiger partial charge < -0.3 is 9.90 Å². The lowest BCUT2D eigenvalue weighted by Gasteiger charge is -2.23. The highest BCUT2D eigenvalue weighted by Gasteiger charge is 2.18. The first-order valence-corrected chi connectivity index (χ1v) is 8.12. The van der Waals surface area contributed by atoms with Crippen LogP contribution in [0.5, 0.6) is 0 Å². The quantitative estimate of drug-likeness (QED) is 0.769. The first-order valence-electron chi connectivity index (χ1n) is 8.12. The van der Waals surface area contributed by atoms with Crippen molar-refractivity contribution in [3.63, 3.8) is 0 Å². The summed E-state index contributed by atoms with van der Waals surface area (Å²) in [6.07, 6.45) is 3.02. The lowest BCUT2D eigenvalue weighted by molar-refractivity contribution is -0.116. The Morgan fingerprint density at radius 1 is 1.29 bits per heavy atom. The van der Waals surface area contributed by atoms with Gasteiger partial charge in [-0.2, -0.15) is 0 Å². The second-order valence-corrected chi connectivity index (χ2v) is 6.48. The van der Waals surface area contributed by atoms with E-state index in [4.69, 9.17) is 0 Å². The van der Waals surface area contributed by atoms with Crippen LogP contribution in [-0.2, 0) is 11.2 Å². The number of rotatable bonds is 8. The molecule has 1 aromatic rings. The summed E-state index contributed by atoms with van der Waals surface area (Å²) in [4.78, 5) is 11.1. The molecule has 1 aromatic carbocycles. The maximum Gasteiger partial charge on any atom is 0.130 e. The summed E-state index contributed by atoms with van der Waals surface area (Å²) in [6.45, 7) is 10.2. The highest BCUT2D eigenvalue weighted by molar-refractivity contribution is 5.75. The Labute approximate surface area is 129 Å². The maximum absolute atomic E-state index is 11.1. The molecule has 0 aliphatic carbocycles. The Balaban J connectivity index is 2.80. The molecule has 0 bridgehead atoms. The molecule has 0 aromatic heterocycles. The molecule has 21 heavy (non-hydrogen) atoms. The molecule has 0 amide bonds. The average molecular weight is 290 g/mol. The van der Waals surface area contributed by atoms with E-state index >= 15 is 0 Å². The Bertz CT molecular complexity index is 465. The van der Waals surface area contributed by atoms with E-state index in [-0.39, 0.29) is 11.9 Å². The van der Waals surface area contributed by atoms with Gasteiger partial charge >= 0.3 is 0 Å².